The minimum atomic E-state index is -0.949. The number of carboxylic acids is 1. The standard InChI is InChI=1S/C11H16N2O3/c1-2-16-7-3-5-13-10-8-12-6-4-9(10)11(14)15/h4,6,8,13H,2-3,5,7H2,1H3,(H,14,15). The van der Waals surface area contributed by atoms with Crippen LogP contribution in [0.3, 0.4) is 0 Å². The molecular formula is C11H16N2O3. The second-order valence-electron chi connectivity index (χ2n) is 3.20. The maximum absolute atomic E-state index is 10.9. The Morgan fingerprint density at radius 1 is 1.62 bits per heavy atom. The van der Waals surface area contributed by atoms with Gasteiger partial charge in [-0.05, 0) is 19.4 Å². The lowest BCUT2D eigenvalue weighted by atomic mass is 10.2. The topological polar surface area (TPSA) is 71.5 Å². The highest BCUT2D eigenvalue weighted by Gasteiger charge is 2.08. The number of carbonyl (C=O) groups is 1. The van der Waals surface area contributed by atoms with Gasteiger partial charge >= 0.3 is 5.97 Å². The number of pyridine rings is 1. The molecule has 1 heterocycles. The van der Waals surface area contributed by atoms with Crippen LogP contribution in [0.4, 0.5) is 5.69 Å². The first-order valence-corrected chi connectivity index (χ1v) is 5.24. The average molecular weight is 224 g/mol. The Kier molecular flexibility index (Phi) is 5.28. The van der Waals surface area contributed by atoms with E-state index in [1.54, 1.807) is 0 Å². The van der Waals surface area contributed by atoms with E-state index in [1.807, 2.05) is 6.92 Å². The third-order valence-electron chi connectivity index (χ3n) is 2.04. The van der Waals surface area contributed by atoms with E-state index in [0.717, 1.165) is 6.42 Å². The highest BCUT2D eigenvalue weighted by molar-refractivity contribution is 5.93. The van der Waals surface area contributed by atoms with Crippen molar-refractivity contribution < 1.29 is 14.6 Å². The molecule has 0 aromatic carbocycles. The number of hydrogen-bond donors (Lipinski definition) is 2. The summed E-state index contributed by atoms with van der Waals surface area (Å²) in [6.07, 6.45) is 3.82. The predicted molar refractivity (Wildman–Crippen MR) is 60.8 cm³/mol. The van der Waals surface area contributed by atoms with Gasteiger partial charge in [-0.15, -0.1) is 0 Å². The van der Waals surface area contributed by atoms with Gasteiger partial charge in [0.15, 0.2) is 0 Å². The van der Waals surface area contributed by atoms with E-state index in [1.165, 1.54) is 18.5 Å². The minimum absolute atomic E-state index is 0.242. The fraction of sp³-hybridized carbons (Fsp3) is 0.455. The van der Waals surface area contributed by atoms with Crippen molar-refractivity contribution >= 4 is 11.7 Å². The zero-order valence-corrected chi connectivity index (χ0v) is 9.27. The molecule has 0 bridgehead atoms. The molecule has 0 radical (unpaired) electrons. The molecule has 2 N–H and O–H groups in total. The summed E-state index contributed by atoms with van der Waals surface area (Å²) in [6, 6.07) is 1.48. The van der Waals surface area contributed by atoms with Gasteiger partial charge in [0.25, 0.3) is 0 Å². The Labute approximate surface area is 94.5 Å². The van der Waals surface area contributed by atoms with E-state index in [2.05, 4.69) is 10.3 Å². The van der Waals surface area contributed by atoms with Crippen LogP contribution >= 0.6 is 0 Å². The smallest absolute Gasteiger partial charge is 0.337 e. The van der Waals surface area contributed by atoms with Gasteiger partial charge in [0.2, 0.25) is 0 Å². The number of anilines is 1. The van der Waals surface area contributed by atoms with Crippen LogP contribution in [-0.4, -0.2) is 35.8 Å². The summed E-state index contributed by atoms with van der Waals surface area (Å²) in [5.74, 6) is -0.949. The number of aromatic nitrogens is 1. The quantitative estimate of drug-likeness (QED) is 0.688. The third-order valence-corrected chi connectivity index (χ3v) is 2.04. The van der Waals surface area contributed by atoms with Gasteiger partial charge < -0.3 is 15.2 Å². The van der Waals surface area contributed by atoms with Crippen LogP contribution < -0.4 is 5.32 Å². The van der Waals surface area contributed by atoms with Gasteiger partial charge in [-0.3, -0.25) is 4.98 Å². The van der Waals surface area contributed by atoms with Crippen LogP contribution in [-0.2, 0) is 4.74 Å². The number of nitrogens with one attached hydrogen (secondary N) is 1. The Morgan fingerprint density at radius 2 is 2.44 bits per heavy atom. The Morgan fingerprint density at radius 3 is 3.12 bits per heavy atom. The van der Waals surface area contributed by atoms with Crippen LogP contribution in [0.15, 0.2) is 18.5 Å². The molecule has 0 unspecified atom stereocenters. The zero-order valence-electron chi connectivity index (χ0n) is 9.27. The maximum Gasteiger partial charge on any atom is 0.337 e. The number of ether oxygens (including phenoxy) is 1. The van der Waals surface area contributed by atoms with Crippen molar-refractivity contribution in [3.8, 4) is 0 Å². The molecule has 0 saturated carbocycles. The summed E-state index contributed by atoms with van der Waals surface area (Å²) in [5.41, 5.74) is 0.790. The fourth-order valence-electron chi connectivity index (χ4n) is 1.26. The Bertz CT molecular complexity index is 342. The van der Waals surface area contributed by atoms with Crippen molar-refractivity contribution in [1.29, 1.82) is 0 Å². The number of nitrogens with zero attached hydrogens (tertiary/aromatic N) is 1. The van der Waals surface area contributed by atoms with Crippen LogP contribution in [0.2, 0.25) is 0 Å². The molecule has 5 heteroatoms. The van der Waals surface area contributed by atoms with Gasteiger partial charge in [-0.1, -0.05) is 0 Å². The number of aromatic carboxylic acids is 1. The Hall–Kier alpha value is -1.62. The van der Waals surface area contributed by atoms with Gasteiger partial charge in [0, 0.05) is 26.0 Å². The number of rotatable bonds is 7. The van der Waals surface area contributed by atoms with Crippen molar-refractivity contribution in [2.24, 2.45) is 0 Å². The van der Waals surface area contributed by atoms with E-state index < -0.39 is 5.97 Å². The molecule has 0 atom stereocenters. The molecule has 88 valence electrons. The van der Waals surface area contributed by atoms with Gasteiger partial charge in [-0.2, -0.15) is 0 Å². The largest absolute Gasteiger partial charge is 0.478 e. The van der Waals surface area contributed by atoms with Crippen molar-refractivity contribution in [3.05, 3.63) is 24.0 Å². The summed E-state index contributed by atoms with van der Waals surface area (Å²) in [6.45, 7) is 3.99. The molecule has 0 saturated heterocycles. The normalized spacial score (nSPS) is 10.1. The molecule has 1 rings (SSSR count). The van der Waals surface area contributed by atoms with E-state index in [4.69, 9.17) is 9.84 Å². The van der Waals surface area contributed by atoms with E-state index in [9.17, 15) is 4.79 Å². The Balaban J connectivity index is 2.44. The van der Waals surface area contributed by atoms with Crippen molar-refractivity contribution in [2.75, 3.05) is 25.1 Å². The molecule has 1 aromatic heterocycles. The molecule has 16 heavy (non-hydrogen) atoms. The van der Waals surface area contributed by atoms with Gasteiger partial charge in [0.1, 0.15) is 0 Å². The highest BCUT2D eigenvalue weighted by Crippen LogP contribution is 2.12. The van der Waals surface area contributed by atoms with Crippen LogP contribution in [0.1, 0.15) is 23.7 Å². The molecule has 0 aliphatic rings. The van der Waals surface area contributed by atoms with Gasteiger partial charge in [-0.25, -0.2) is 4.79 Å². The summed E-state index contributed by atoms with van der Waals surface area (Å²) in [4.78, 5) is 14.8. The van der Waals surface area contributed by atoms with Crippen molar-refractivity contribution in [1.82, 2.24) is 4.98 Å². The minimum Gasteiger partial charge on any atom is -0.478 e. The molecule has 5 nitrogen and oxygen atoms in total. The van der Waals surface area contributed by atoms with Crippen molar-refractivity contribution in [2.45, 2.75) is 13.3 Å². The molecular weight excluding hydrogens is 208 g/mol. The van der Waals surface area contributed by atoms with Crippen LogP contribution in [0.25, 0.3) is 0 Å². The predicted octanol–water partition coefficient (Wildman–Crippen LogP) is 1.62. The van der Waals surface area contributed by atoms with Gasteiger partial charge in [0.05, 0.1) is 17.4 Å². The summed E-state index contributed by atoms with van der Waals surface area (Å²) in [5, 5.41) is 11.9. The number of carboxylic acid groups (broad SMARTS) is 1. The second kappa shape index (κ2) is 6.79. The second-order valence-corrected chi connectivity index (χ2v) is 3.20. The zero-order chi connectivity index (χ0) is 11.8. The van der Waals surface area contributed by atoms with E-state index in [0.29, 0.717) is 25.4 Å². The first kappa shape index (κ1) is 12.4. The first-order valence-electron chi connectivity index (χ1n) is 5.24. The summed E-state index contributed by atoms with van der Waals surface area (Å²) in [7, 11) is 0. The van der Waals surface area contributed by atoms with Crippen LogP contribution in [0.5, 0.6) is 0 Å². The first-order chi connectivity index (χ1) is 7.75. The molecule has 1 aromatic rings. The number of hydrogen-bond acceptors (Lipinski definition) is 4. The molecule has 0 spiro atoms. The summed E-state index contributed by atoms with van der Waals surface area (Å²) < 4.78 is 5.18. The van der Waals surface area contributed by atoms with Crippen molar-refractivity contribution in [3.63, 3.8) is 0 Å². The van der Waals surface area contributed by atoms with E-state index in [-0.39, 0.29) is 5.56 Å². The third kappa shape index (κ3) is 3.86. The lowest BCUT2D eigenvalue weighted by molar-refractivity contribution is 0.0698. The average Bonchev–Trinajstić information content (AvgIpc) is 2.29. The molecule has 0 fully saturated rings. The molecule has 0 aliphatic heterocycles. The maximum atomic E-state index is 10.9. The highest BCUT2D eigenvalue weighted by atomic mass is 16.5. The van der Waals surface area contributed by atoms with E-state index >= 15 is 0 Å². The lowest BCUT2D eigenvalue weighted by Crippen LogP contribution is -2.09. The monoisotopic (exact) mass is 224 g/mol. The van der Waals surface area contributed by atoms with Crippen LogP contribution in [0, 0.1) is 0 Å². The SMILES string of the molecule is CCOCCCNc1cnccc1C(=O)O. The molecule has 0 aliphatic carbocycles. The summed E-state index contributed by atoms with van der Waals surface area (Å²) >= 11 is 0. The lowest BCUT2D eigenvalue weighted by Gasteiger charge is -2.08. The molecule has 0 amide bonds. The fourth-order valence-corrected chi connectivity index (χ4v) is 1.26.